The van der Waals surface area contributed by atoms with Crippen molar-refractivity contribution in [2.24, 2.45) is 5.73 Å². The number of sulfone groups is 1. The van der Waals surface area contributed by atoms with Crippen molar-refractivity contribution in [3.8, 4) is 0 Å². The molecule has 0 saturated heterocycles. The first kappa shape index (κ1) is 17.7. The van der Waals surface area contributed by atoms with E-state index in [9.17, 15) is 18.0 Å². The maximum absolute atomic E-state index is 12.6. The summed E-state index contributed by atoms with van der Waals surface area (Å²) in [5.74, 6) is -0.964. The third-order valence-corrected chi connectivity index (χ3v) is 4.65. The van der Waals surface area contributed by atoms with Crippen LogP contribution in [0.2, 0.25) is 0 Å². The number of amides is 2. The van der Waals surface area contributed by atoms with Gasteiger partial charge in [0.05, 0.1) is 10.5 Å². The lowest BCUT2D eigenvalue weighted by Crippen LogP contribution is -2.27. The Morgan fingerprint density at radius 2 is 1.75 bits per heavy atom. The Morgan fingerprint density at radius 3 is 2.38 bits per heavy atom. The molecule has 2 aromatic rings. The zero-order chi connectivity index (χ0) is 17.9. The fourth-order valence-electron chi connectivity index (χ4n) is 2.34. The summed E-state index contributed by atoms with van der Waals surface area (Å²) in [5, 5.41) is 0. The molecule has 6 nitrogen and oxygen atoms in total. The smallest absolute Gasteiger partial charge is 0.255 e. The highest BCUT2D eigenvalue weighted by Gasteiger charge is 2.21. The van der Waals surface area contributed by atoms with Crippen LogP contribution in [0.3, 0.4) is 0 Å². The lowest BCUT2D eigenvalue weighted by atomic mass is 10.1. The number of carbonyl (C=O) groups excluding carboxylic acids is 2. The van der Waals surface area contributed by atoms with Gasteiger partial charge >= 0.3 is 0 Å². The molecule has 0 radical (unpaired) electrons. The number of hydrogen-bond acceptors (Lipinski definition) is 4. The average molecular weight is 346 g/mol. The van der Waals surface area contributed by atoms with Crippen LogP contribution in [0.25, 0.3) is 0 Å². The van der Waals surface area contributed by atoms with Gasteiger partial charge in [-0.1, -0.05) is 24.3 Å². The van der Waals surface area contributed by atoms with Crippen molar-refractivity contribution in [3.63, 3.8) is 0 Å². The number of carbonyl (C=O) groups is 2. The second kappa shape index (κ2) is 6.84. The number of primary amides is 1. The third kappa shape index (κ3) is 3.99. The van der Waals surface area contributed by atoms with Gasteiger partial charge in [-0.3, -0.25) is 9.59 Å². The number of rotatable bonds is 5. The molecule has 0 bridgehead atoms. The molecule has 7 heteroatoms. The van der Waals surface area contributed by atoms with Crippen molar-refractivity contribution in [1.82, 2.24) is 4.90 Å². The lowest BCUT2D eigenvalue weighted by Gasteiger charge is -2.19. The molecule has 2 N–H and O–H groups in total. The quantitative estimate of drug-likeness (QED) is 0.886. The second-order valence-electron chi connectivity index (χ2n) is 5.49. The van der Waals surface area contributed by atoms with Crippen LogP contribution >= 0.6 is 0 Å². The molecule has 0 heterocycles. The zero-order valence-corrected chi connectivity index (χ0v) is 14.2. The van der Waals surface area contributed by atoms with Gasteiger partial charge in [0.25, 0.3) is 5.91 Å². The molecule has 0 aliphatic carbocycles. The van der Waals surface area contributed by atoms with Crippen LogP contribution in [0.15, 0.2) is 53.4 Å². The van der Waals surface area contributed by atoms with Crippen LogP contribution in [0.1, 0.15) is 26.3 Å². The van der Waals surface area contributed by atoms with Crippen molar-refractivity contribution in [2.45, 2.75) is 11.4 Å². The van der Waals surface area contributed by atoms with E-state index in [1.165, 1.54) is 17.0 Å². The molecule has 0 fully saturated rings. The van der Waals surface area contributed by atoms with Gasteiger partial charge in [0.1, 0.15) is 0 Å². The van der Waals surface area contributed by atoms with Crippen LogP contribution in [-0.2, 0) is 16.4 Å². The standard InChI is InChI=1S/C17H18N2O4S/c1-19(11-12-6-5-7-13(10-12)16(18)20)17(21)14-8-3-4-9-15(14)24(2,22)23/h3-10H,11H2,1-2H3,(H2,18,20). The van der Waals surface area contributed by atoms with Crippen molar-refractivity contribution < 1.29 is 18.0 Å². The summed E-state index contributed by atoms with van der Waals surface area (Å²) < 4.78 is 23.7. The Labute approximate surface area is 140 Å². The molecule has 0 aliphatic heterocycles. The third-order valence-electron chi connectivity index (χ3n) is 3.49. The topological polar surface area (TPSA) is 97.5 Å². The van der Waals surface area contributed by atoms with Crippen LogP contribution in [-0.4, -0.2) is 38.4 Å². The van der Waals surface area contributed by atoms with Gasteiger partial charge in [-0.25, -0.2) is 8.42 Å². The van der Waals surface area contributed by atoms with Gasteiger partial charge in [0, 0.05) is 25.4 Å². The Morgan fingerprint density at radius 1 is 1.08 bits per heavy atom. The van der Waals surface area contributed by atoms with Crippen LogP contribution < -0.4 is 5.73 Å². The fraction of sp³-hybridized carbons (Fsp3) is 0.176. The summed E-state index contributed by atoms with van der Waals surface area (Å²) in [5.41, 5.74) is 6.44. The van der Waals surface area contributed by atoms with Gasteiger partial charge in [0.2, 0.25) is 5.91 Å². The molecule has 0 atom stereocenters. The average Bonchev–Trinajstić information content (AvgIpc) is 2.53. The summed E-state index contributed by atoms with van der Waals surface area (Å²) in [6.07, 6.45) is 1.06. The first-order chi connectivity index (χ1) is 11.2. The molecule has 2 rings (SSSR count). The first-order valence-corrected chi connectivity index (χ1v) is 9.02. The van der Waals surface area contributed by atoms with E-state index in [0.29, 0.717) is 5.56 Å². The summed E-state index contributed by atoms with van der Waals surface area (Å²) in [4.78, 5) is 25.2. The monoisotopic (exact) mass is 346 g/mol. The van der Waals surface area contributed by atoms with E-state index in [4.69, 9.17) is 5.73 Å². The summed E-state index contributed by atoms with van der Waals surface area (Å²) >= 11 is 0. The highest BCUT2D eigenvalue weighted by molar-refractivity contribution is 7.90. The maximum atomic E-state index is 12.6. The Balaban J connectivity index is 2.28. The Kier molecular flexibility index (Phi) is 5.04. The van der Waals surface area contributed by atoms with Crippen LogP contribution in [0, 0.1) is 0 Å². The van der Waals surface area contributed by atoms with Crippen molar-refractivity contribution in [2.75, 3.05) is 13.3 Å². The molecule has 0 aromatic heterocycles. The summed E-state index contributed by atoms with van der Waals surface area (Å²) in [6, 6.07) is 12.7. The van der Waals surface area contributed by atoms with E-state index in [2.05, 4.69) is 0 Å². The molecule has 0 unspecified atom stereocenters. The largest absolute Gasteiger partial charge is 0.366 e. The number of nitrogens with zero attached hydrogens (tertiary/aromatic N) is 1. The van der Waals surface area contributed by atoms with E-state index in [1.54, 1.807) is 43.4 Å². The minimum atomic E-state index is -3.51. The Bertz CT molecular complexity index is 891. The predicted molar refractivity (Wildman–Crippen MR) is 90.3 cm³/mol. The highest BCUT2D eigenvalue weighted by Crippen LogP contribution is 2.18. The lowest BCUT2D eigenvalue weighted by molar-refractivity contribution is 0.0781. The molecule has 126 valence electrons. The molecule has 0 spiro atoms. The minimum absolute atomic E-state index is 0.00673. The molecule has 0 saturated carbocycles. The molecule has 2 aromatic carbocycles. The summed E-state index contributed by atoms with van der Waals surface area (Å²) in [6.45, 7) is 0.220. The molecule has 0 aliphatic rings. The maximum Gasteiger partial charge on any atom is 0.255 e. The molecule has 24 heavy (non-hydrogen) atoms. The number of benzene rings is 2. The highest BCUT2D eigenvalue weighted by atomic mass is 32.2. The van der Waals surface area contributed by atoms with E-state index < -0.39 is 21.7 Å². The van der Waals surface area contributed by atoms with Gasteiger partial charge in [0.15, 0.2) is 9.84 Å². The molecular formula is C17H18N2O4S. The fourth-order valence-corrected chi connectivity index (χ4v) is 3.22. The molecule has 2 amide bonds. The van der Waals surface area contributed by atoms with E-state index in [1.807, 2.05) is 0 Å². The minimum Gasteiger partial charge on any atom is -0.366 e. The van der Waals surface area contributed by atoms with Gasteiger partial charge in [-0.2, -0.15) is 0 Å². The summed E-state index contributed by atoms with van der Waals surface area (Å²) in [7, 11) is -1.94. The van der Waals surface area contributed by atoms with Gasteiger partial charge in [-0.05, 0) is 29.8 Å². The van der Waals surface area contributed by atoms with Gasteiger partial charge < -0.3 is 10.6 Å². The van der Waals surface area contributed by atoms with E-state index in [0.717, 1.165) is 11.8 Å². The number of nitrogens with two attached hydrogens (primary N) is 1. The van der Waals surface area contributed by atoms with Crippen molar-refractivity contribution in [3.05, 3.63) is 65.2 Å². The van der Waals surface area contributed by atoms with E-state index >= 15 is 0 Å². The predicted octanol–water partition coefficient (Wildman–Crippen LogP) is 1.46. The van der Waals surface area contributed by atoms with Crippen molar-refractivity contribution in [1.29, 1.82) is 0 Å². The van der Waals surface area contributed by atoms with Crippen LogP contribution in [0.4, 0.5) is 0 Å². The zero-order valence-electron chi connectivity index (χ0n) is 13.4. The first-order valence-electron chi connectivity index (χ1n) is 7.13. The SMILES string of the molecule is CN(Cc1cccc(C(N)=O)c1)C(=O)c1ccccc1S(C)(=O)=O. The second-order valence-corrected chi connectivity index (χ2v) is 7.48. The van der Waals surface area contributed by atoms with Gasteiger partial charge in [-0.15, -0.1) is 0 Å². The normalized spacial score (nSPS) is 11.1. The van der Waals surface area contributed by atoms with Crippen LogP contribution in [0.5, 0.6) is 0 Å². The Hall–Kier alpha value is -2.67. The molecular weight excluding hydrogens is 328 g/mol. The van der Waals surface area contributed by atoms with E-state index in [-0.39, 0.29) is 17.0 Å². The van der Waals surface area contributed by atoms with Crippen molar-refractivity contribution >= 4 is 21.7 Å². The number of hydrogen-bond donors (Lipinski definition) is 1.